The zero-order valence-electron chi connectivity index (χ0n) is 27.4. The molecule has 0 heterocycles. The van der Waals surface area contributed by atoms with Gasteiger partial charge >= 0.3 is 33.6 Å². The summed E-state index contributed by atoms with van der Waals surface area (Å²) in [6, 6.07) is 32.1. The second-order valence-corrected chi connectivity index (χ2v) is 10.2. The molecule has 0 aliphatic carbocycles. The molecular weight excluding hydrogens is 762 g/mol. The van der Waals surface area contributed by atoms with Crippen molar-refractivity contribution < 1.29 is 84.7 Å². The Bertz CT molecular complexity index is 2030. The number of hydrogen-bond donors (Lipinski definition) is 0. The van der Waals surface area contributed by atoms with Crippen molar-refractivity contribution in [3.05, 3.63) is 120 Å². The summed E-state index contributed by atoms with van der Waals surface area (Å²) < 4.78 is 0. The number of hydrogen-bond acceptors (Lipinski definition) is 10. The molecule has 0 atom stereocenters. The summed E-state index contributed by atoms with van der Waals surface area (Å²) in [6.45, 7) is 1.94. The molecule has 6 aromatic carbocycles. The van der Waals surface area contributed by atoms with Crippen LogP contribution in [0.1, 0.15) is 25.0 Å². The quantitative estimate of drug-likeness (QED) is 0.229. The van der Waals surface area contributed by atoms with Gasteiger partial charge < -0.3 is 51.2 Å². The van der Waals surface area contributed by atoms with Crippen LogP contribution in [0.25, 0.3) is 32.7 Å². The van der Waals surface area contributed by atoms with Gasteiger partial charge in [0, 0.05) is 35.5 Å². The summed E-state index contributed by atoms with van der Waals surface area (Å²) in [4.78, 5) is 27.2. The zero-order valence-corrected chi connectivity index (χ0v) is 29.5. The van der Waals surface area contributed by atoms with Crippen molar-refractivity contribution in [3.8, 4) is 34.1 Å². The van der Waals surface area contributed by atoms with Crippen molar-refractivity contribution in [1.29, 1.82) is 0 Å². The molecule has 0 saturated heterocycles. The molecule has 4 N–H and O–H groups in total. The van der Waals surface area contributed by atoms with Crippen molar-refractivity contribution in [3.63, 3.8) is 0 Å². The molecule has 0 amide bonds. The van der Waals surface area contributed by atoms with E-state index in [0.29, 0.717) is 11.4 Å². The van der Waals surface area contributed by atoms with Crippen LogP contribution in [0.3, 0.4) is 0 Å². The van der Waals surface area contributed by atoms with Crippen LogP contribution in [-0.4, -0.2) is 35.3 Å². The second kappa shape index (κ2) is 21.5. The maximum Gasteiger partial charge on any atom is 3.00 e. The molecule has 0 aliphatic rings. The van der Waals surface area contributed by atoms with Gasteiger partial charge in [0.25, 0.3) is 0 Å². The van der Waals surface area contributed by atoms with Crippen LogP contribution in [0.4, 0.5) is 11.4 Å². The third-order valence-corrected chi connectivity index (χ3v) is 6.77. The number of aliphatic carboxylic acids is 2. The third-order valence-electron chi connectivity index (χ3n) is 6.77. The second-order valence-electron chi connectivity index (χ2n) is 10.2. The van der Waals surface area contributed by atoms with Gasteiger partial charge in [-0.2, -0.15) is 0 Å². The zero-order chi connectivity index (χ0) is 34.8. The number of nitrogens with zero attached hydrogens (tertiary/aromatic N) is 2. The molecule has 0 aromatic heterocycles. The standard InChI is InChI=1S/C34H24N2O4.2C2H4O2.2Co.2H2O/c37-29-13-5-9-23(33(29)39)19-35-27-17-15-21-7-1-3-11-25(21)31(27)32-26-12-4-2-8-22(26)16-18-28(32)36-20-24-10-6-14-30(38)34(24)40;2*1-2(3)4;;;;/h1-20,37-40H;2*1H3,(H,3,4);;;2*1H2/q;;;2*+3;;/p-6. The van der Waals surface area contributed by atoms with Gasteiger partial charge in [0.05, 0.1) is 11.4 Å². The van der Waals surface area contributed by atoms with E-state index in [2.05, 4.69) is 9.98 Å². The molecular formula is C38H30Co2N2O10. The summed E-state index contributed by atoms with van der Waals surface area (Å²) in [6.07, 6.45) is 2.82. The van der Waals surface area contributed by atoms with Gasteiger partial charge in [-0.1, -0.05) is 97.1 Å². The molecule has 0 aliphatic heterocycles. The van der Waals surface area contributed by atoms with Crippen LogP contribution >= 0.6 is 0 Å². The first kappa shape index (κ1) is 46.3. The summed E-state index contributed by atoms with van der Waals surface area (Å²) in [5, 5.41) is 70.1. The Morgan fingerprint density at radius 3 is 1.17 bits per heavy atom. The smallest absolute Gasteiger partial charge is 0.873 e. The van der Waals surface area contributed by atoms with Gasteiger partial charge in [0.1, 0.15) is 0 Å². The van der Waals surface area contributed by atoms with E-state index in [1.54, 1.807) is 12.1 Å². The number of aliphatic imine (C=N–C) groups is 2. The van der Waals surface area contributed by atoms with Crippen LogP contribution in [-0.2, 0) is 43.1 Å². The molecule has 12 nitrogen and oxygen atoms in total. The van der Waals surface area contributed by atoms with Crippen LogP contribution in [0.5, 0.6) is 23.0 Å². The van der Waals surface area contributed by atoms with E-state index in [1.807, 2.05) is 72.8 Å². The molecule has 0 radical (unpaired) electrons. The minimum Gasteiger partial charge on any atom is -0.873 e. The summed E-state index contributed by atoms with van der Waals surface area (Å²) >= 11 is 0. The van der Waals surface area contributed by atoms with E-state index in [4.69, 9.17) is 19.8 Å². The van der Waals surface area contributed by atoms with Crippen molar-refractivity contribution in [2.24, 2.45) is 9.98 Å². The summed E-state index contributed by atoms with van der Waals surface area (Å²) in [5.74, 6) is -4.57. The average molecular weight is 793 g/mol. The molecule has 0 fully saturated rings. The minimum atomic E-state index is -1.08. The molecule has 6 rings (SSSR count). The number of fused-ring (bicyclic) bond motifs is 2. The van der Waals surface area contributed by atoms with E-state index >= 15 is 0 Å². The largest absolute Gasteiger partial charge is 3.00 e. The van der Waals surface area contributed by atoms with Crippen molar-refractivity contribution >= 4 is 57.3 Å². The Labute approximate surface area is 319 Å². The maximum absolute atomic E-state index is 12.4. The van der Waals surface area contributed by atoms with Crippen LogP contribution in [0, 0.1) is 0 Å². The number of carboxylic acid groups (broad SMARTS) is 2. The Hall–Kier alpha value is -5.75. The molecule has 270 valence electrons. The SMILES string of the molecule is CC(=O)[O-].CC(=O)[O-].O.O.[Co+3].[Co+3].[O-]c1cccc(C=Nc2ccc3ccccc3c2-c2c(N=Cc3cccc([O-])c3[O-])ccc3ccccc23)c1[O-]. The maximum atomic E-state index is 12.4. The summed E-state index contributed by atoms with van der Waals surface area (Å²) in [5.41, 5.74) is 3.11. The number of benzene rings is 6. The molecule has 0 saturated carbocycles. The first-order valence-corrected chi connectivity index (χ1v) is 14.4. The molecule has 6 aromatic rings. The minimum absolute atomic E-state index is 0. The Kier molecular flexibility index (Phi) is 19.1. The fourth-order valence-corrected chi connectivity index (χ4v) is 4.81. The van der Waals surface area contributed by atoms with E-state index in [-0.39, 0.29) is 55.6 Å². The Balaban J connectivity index is 0.00000198. The normalized spacial score (nSPS) is 9.96. The predicted octanol–water partition coefficient (Wildman–Crippen LogP) is 1.31. The van der Waals surface area contributed by atoms with Crippen molar-refractivity contribution in [2.75, 3.05) is 0 Å². The number of carbonyl (C=O) groups excluding carboxylic acids is 2. The monoisotopic (exact) mass is 792 g/mol. The van der Waals surface area contributed by atoms with Crippen molar-refractivity contribution in [2.45, 2.75) is 13.8 Å². The van der Waals surface area contributed by atoms with Crippen LogP contribution in [0.15, 0.2) is 119 Å². The van der Waals surface area contributed by atoms with E-state index < -0.39 is 34.9 Å². The number of carboxylic acids is 2. The number of rotatable bonds is 5. The predicted molar refractivity (Wildman–Crippen MR) is 181 cm³/mol. The van der Waals surface area contributed by atoms with Gasteiger partial charge in [0.15, 0.2) is 0 Å². The fraction of sp³-hybridized carbons (Fsp3) is 0.0526. The topological polar surface area (TPSA) is 260 Å². The third kappa shape index (κ3) is 11.7. The van der Waals surface area contributed by atoms with Gasteiger partial charge in [-0.15, -0.1) is 23.0 Å². The Morgan fingerprint density at radius 2 is 0.827 bits per heavy atom. The molecule has 14 heteroatoms. The summed E-state index contributed by atoms with van der Waals surface area (Å²) in [7, 11) is 0. The Morgan fingerprint density at radius 1 is 0.500 bits per heavy atom. The number of para-hydroxylation sites is 2. The molecule has 52 heavy (non-hydrogen) atoms. The molecule has 0 bridgehead atoms. The first-order valence-electron chi connectivity index (χ1n) is 14.4. The molecule has 0 spiro atoms. The van der Waals surface area contributed by atoms with Gasteiger partial charge in [-0.25, -0.2) is 0 Å². The van der Waals surface area contributed by atoms with E-state index in [0.717, 1.165) is 46.5 Å². The fourth-order valence-electron chi connectivity index (χ4n) is 4.81. The van der Waals surface area contributed by atoms with Gasteiger partial charge in [0.2, 0.25) is 0 Å². The van der Waals surface area contributed by atoms with Crippen molar-refractivity contribution in [1.82, 2.24) is 0 Å². The van der Waals surface area contributed by atoms with Gasteiger partial charge in [-0.3, -0.25) is 9.98 Å². The van der Waals surface area contributed by atoms with E-state index in [9.17, 15) is 20.4 Å². The van der Waals surface area contributed by atoms with Crippen LogP contribution in [0.2, 0.25) is 0 Å². The molecule has 0 unspecified atom stereocenters. The van der Waals surface area contributed by atoms with Crippen LogP contribution < -0.4 is 30.6 Å². The van der Waals surface area contributed by atoms with Gasteiger partial charge in [-0.05, 0) is 58.7 Å². The average Bonchev–Trinajstić information content (AvgIpc) is 3.05. The first-order chi connectivity index (χ1) is 23.0. The van der Waals surface area contributed by atoms with E-state index in [1.165, 1.54) is 36.7 Å². The number of carbonyl (C=O) groups is 2.